The van der Waals surface area contributed by atoms with Crippen molar-refractivity contribution in [3.8, 4) is 6.01 Å². The van der Waals surface area contributed by atoms with E-state index in [0.29, 0.717) is 18.5 Å². The smallest absolute Gasteiger partial charge is 0.316 e. The zero-order valence-electron chi connectivity index (χ0n) is 12.4. The average Bonchev–Trinajstić information content (AvgIpc) is 3.06. The molecule has 0 aromatic carbocycles. The Morgan fingerprint density at radius 3 is 2.91 bits per heavy atom. The van der Waals surface area contributed by atoms with E-state index in [-0.39, 0.29) is 0 Å². The van der Waals surface area contributed by atoms with Crippen LogP contribution >= 0.6 is 15.9 Å². The summed E-state index contributed by atoms with van der Waals surface area (Å²) in [4.78, 5) is 10.8. The zero-order valence-corrected chi connectivity index (χ0v) is 14.0. The summed E-state index contributed by atoms with van der Waals surface area (Å²) >= 11 is 3.32. The molecule has 0 bridgehead atoms. The van der Waals surface area contributed by atoms with Crippen LogP contribution in [0.4, 0.5) is 0 Å². The summed E-state index contributed by atoms with van der Waals surface area (Å²) in [6.45, 7) is 4.88. The Labute approximate surface area is 138 Å². The van der Waals surface area contributed by atoms with Crippen LogP contribution in [0.25, 0.3) is 0 Å². The monoisotopic (exact) mass is 365 g/mol. The maximum atomic E-state index is 5.71. The number of ether oxygens (including phenoxy) is 1. The highest BCUT2D eigenvalue weighted by atomic mass is 79.9. The van der Waals surface area contributed by atoms with E-state index in [9.17, 15) is 0 Å². The van der Waals surface area contributed by atoms with Gasteiger partial charge in [-0.25, -0.2) is 9.97 Å². The number of aromatic nitrogens is 4. The number of likely N-dealkylation sites (tertiary alicyclic amines) is 1. The molecule has 0 N–H and O–H groups in total. The second-order valence-corrected chi connectivity index (χ2v) is 6.49. The molecule has 2 aromatic rings. The third-order valence-corrected chi connectivity index (χ3v) is 4.26. The van der Waals surface area contributed by atoms with Crippen molar-refractivity contribution in [1.82, 2.24) is 24.6 Å². The number of hydrogen-bond acceptors (Lipinski definition) is 5. The maximum Gasteiger partial charge on any atom is 0.316 e. The second kappa shape index (κ2) is 7.69. The highest BCUT2D eigenvalue weighted by Gasteiger charge is 2.20. The average molecular weight is 366 g/mol. The molecule has 0 aliphatic carbocycles. The molecule has 0 amide bonds. The first-order valence-corrected chi connectivity index (χ1v) is 8.39. The van der Waals surface area contributed by atoms with Gasteiger partial charge in [0, 0.05) is 43.8 Å². The quantitative estimate of drug-likeness (QED) is 0.785. The van der Waals surface area contributed by atoms with E-state index in [4.69, 9.17) is 4.74 Å². The SMILES string of the molecule is Brc1cnc(OCC2CCCN(CCn3cccn3)C2)nc1. The lowest BCUT2D eigenvalue weighted by atomic mass is 9.99. The third kappa shape index (κ3) is 4.51. The fourth-order valence-electron chi connectivity index (χ4n) is 2.73. The van der Waals surface area contributed by atoms with Crippen LogP contribution in [0.5, 0.6) is 6.01 Å². The fraction of sp³-hybridized carbons (Fsp3) is 0.533. The number of halogens is 1. The van der Waals surface area contributed by atoms with Crippen LogP contribution < -0.4 is 4.74 Å². The number of nitrogens with zero attached hydrogens (tertiary/aromatic N) is 5. The van der Waals surface area contributed by atoms with E-state index in [1.165, 1.54) is 12.8 Å². The lowest BCUT2D eigenvalue weighted by Crippen LogP contribution is -2.39. The molecule has 7 heteroatoms. The van der Waals surface area contributed by atoms with E-state index >= 15 is 0 Å². The maximum absolute atomic E-state index is 5.71. The Bertz CT molecular complexity index is 560. The van der Waals surface area contributed by atoms with Crippen molar-refractivity contribution in [2.75, 3.05) is 26.2 Å². The van der Waals surface area contributed by atoms with Crippen LogP contribution in [0.1, 0.15) is 12.8 Å². The number of rotatable bonds is 6. The number of hydrogen-bond donors (Lipinski definition) is 0. The van der Waals surface area contributed by atoms with E-state index in [1.807, 2.05) is 23.1 Å². The lowest BCUT2D eigenvalue weighted by Gasteiger charge is -2.32. The molecule has 0 radical (unpaired) electrons. The van der Waals surface area contributed by atoms with E-state index in [1.54, 1.807) is 12.4 Å². The summed E-state index contributed by atoms with van der Waals surface area (Å²) in [6, 6.07) is 2.42. The summed E-state index contributed by atoms with van der Waals surface area (Å²) in [6.07, 6.45) is 9.67. The molecule has 1 unspecified atom stereocenters. The molecule has 1 aliphatic heterocycles. The molecular weight excluding hydrogens is 346 g/mol. The van der Waals surface area contributed by atoms with Gasteiger partial charge in [-0.3, -0.25) is 4.68 Å². The highest BCUT2D eigenvalue weighted by molar-refractivity contribution is 9.10. The van der Waals surface area contributed by atoms with E-state index in [0.717, 1.165) is 30.7 Å². The molecule has 1 saturated heterocycles. The van der Waals surface area contributed by atoms with Crippen LogP contribution in [-0.2, 0) is 6.54 Å². The van der Waals surface area contributed by atoms with Gasteiger partial charge in [-0.15, -0.1) is 0 Å². The van der Waals surface area contributed by atoms with Crippen molar-refractivity contribution >= 4 is 15.9 Å². The van der Waals surface area contributed by atoms with Crippen LogP contribution in [0, 0.1) is 5.92 Å². The van der Waals surface area contributed by atoms with Crippen molar-refractivity contribution in [2.45, 2.75) is 19.4 Å². The van der Waals surface area contributed by atoms with Gasteiger partial charge in [0.15, 0.2) is 0 Å². The number of piperidine rings is 1. The molecule has 0 saturated carbocycles. The summed E-state index contributed by atoms with van der Waals surface area (Å²) in [5.74, 6) is 0.540. The Morgan fingerprint density at radius 1 is 1.27 bits per heavy atom. The molecular formula is C15H20BrN5O. The normalized spacial score (nSPS) is 19.2. The van der Waals surface area contributed by atoms with Gasteiger partial charge in [-0.1, -0.05) is 0 Å². The molecule has 22 heavy (non-hydrogen) atoms. The van der Waals surface area contributed by atoms with Crippen molar-refractivity contribution in [2.24, 2.45) is 5.92 Å². The fourth-order valence-corrected chi connectivity index (χ4v) is 2.94. The standard InChI is InChI=1S/C15H20BrN5O/c16-14-9-17-15(18-10-14)22-12-13-3-1-5-20(11-13)7-8-21-6-2-4-19-21/h2,4,6,9-10,13H,1,3,5,7-8,11-12H2. The van der Waals surface area contributed by atoms with E-state index < -0.39 is 0 Å². The van der Waals surface area contributed by atoms with Crippen LogP contribution in [0.3, 0.4) is 0 Å². The topological polar surface area (TPSA) is 56.1 Å². The van der Waals surface area contributed by atoms with Gasteiger partial charge >= 0.3 is 6.01 Å². The van der Waals surface area contributed by atoms with Crippen LogP contribution in [0.15, 0.2) is 35.3 Å². The summed E-state index contributed by atoms with van der Waals surface area (Å²) in [7, 11) is 0. The van der Waals surface area contributed by atoms with Crippen molar-refractivity contribution in [3.05, 3.63) is 35.3 Å². The molecule has 1 aliphatic rings. The molecule has 118 valence electrons. The minimum absolute atomic E-state index is 0.455. The van der Waals surface area contributed by atoms with Gasteiger partial charge in [-0.05, 0) is 41.4 Å². The van der Waals surface area contributed by atoms with Crippen molar-refractivity contribution in [3.63, 3.8) is 0 Å². The minimum Gasteiger partial charge on any atom is -0.463 e. The molecule has 1 atom stereocenters. The van der Waals surface area contributed by atoms with Gasteiger partial charge in [-0.2, -0.15) is 5.10 Å². The molecule has 0 spiro atoms. The predicted molar refractivity (Wildman–Crippen MR) is 86.6 cm³/mol. The zero-order chi connectivity index (χ0) is 15.2. The second-order valence-electron chi connectivity index (χ2n) is 5.57. The van der Waals surface area contributed by atoms with Gasteiger partial charge in [0.25, 0.3) is 0 Å². The van der Waals surface area contributed by atoms with E-state index in [2.05, 4.69) is 35.9 Å². The Balaban J connectivity index is 1.43. The van der Waals surface area contributed by atoms with Gasteiger partial charge in [0.2, 0.25) is 0 Å². The first kappa shape index (κ1) is 15.4. The van der Waals surface area contributed by atoms with Crippen LogP contribution in [0.2, 0.25) is 0 Å². The van der Waals surface area contributed by atoms with Crippen molar-refractivity contribution < 1.29 is 4.74 Å². The highest BCUT2D eigenvalue weighted by Crippen LogP contribution is 2.17. The minimum atomic E-state index is 0.455. The lowest BCUT2D eigenvalue weighted by molar-refractivity contribution is 0.122. The summed E-state index contributed by atoms with van der Waals surface area (Å²) < 4.78 is 8.56. The molecule has 2 aromatic heterocycles. The third-order valence-electron chi connectivity index (χ3n) is 3.85. The summed E-state index contributed by atoms with van der Waals surface area (Å²) in [5, 5.41) is 4.25. The Kier molecular flexibility index (Phi) is 5.39. The Morgan fingerprint density at radius 2 is 2.14 bits per heavy atom. The van der Waals surface area contributed by atoms with Crippen LogP contribution in [-0.4, -0.2) is 50.9 Å². The first-order valence-electron chi connectivity index (χ1n) is 7.60. The largest absolute Gasteiger partial charge is 0.463 e. The predicted octanol–water partition coefficient (Wildman–Crippen LogP) is 2.23. The molecule has 6 nitrogen and oxygen atoms in total. The summed E-state index contributed by atoms with van der Waals surface area (Å²) in [5.41, 5.74) is 0. The molecule has 3 heterocycles. The Hall–Kier alpha value is -1.47. The van der Waals surface area contributed by atoms with Gasteiger partial charge in [0.05, 0.1) is 17.6 Å². The van der Waals surface area contributed by atoms with Gasteiger partial charge < -0.3 is 9.64 Å². The first-order chi connectivity index (χ1) is 10.8. The molecule has 3 rings (SSSR count). The van der Waals surface area contributed by atoms with Crippen molar-refractivity contribution in [1.29, 1.82) is 0 Å². The molecule has 1 fully saturated rings. The van der Waals surface area contributed by atoms with Gasteiger partial charge in [0.1, 0.15) is 0 Å².